The van der Waals surface area contributed by atoms with Crippen LogP contribution in [0.3, 0.4) is 0 Å². The summed E-state index contributed by atoms with van der Waals surface area (Å²) < 4.78 is 29.5. The van der Waals surface area contributed by atoms with E-state index in [0.29, 0.717) is 37.8 Å². The lowest BCUT2D eigenvalue weighted by molar-refractivity contribution is 0.0169. The number of ether oxygens (including phenoxy) is 3. The molecule has 1 fully saturated rings. The molecule has 1 heterocycles. The molecule has 174 valence electrons. The van der Waals surface area contributed by atoms with Gasteiger partial charge in [-0.2, -0.15) is 0 Å². The Hall–Kier alpha value is -2.84. The molecule has 0 amide bonds. The van der Waals surface area contributed by atoms with Crippen molar-refractivity contribution >= 4 is 5.96 Å². The highest BCUT2D eigenvalue weighted by Gasteiger charge is 2.24. The van der Waals surface area contributed by atoms with Crippen LogP contribution in [0.15, 0.2) is 47.5 Å². The van der Waals surface area contributed by atoms with Crippen LogP contribution in [0.2, 0.25) is 0 Å². The van der Waals surface area contributed by atoms with Crippen LogP contribution >= 0.6 is 0 Å². The van der Waals surface area contributed by atoms with E-state index in [1.807, 2.05) is 12.1 Å². The van der Waals surface area contributed by atoms with Crippen LogP contribution in [0, 0.1) is 5.82 Å². The number of rotatable bonds is 9. The smallest absolute Gasteiger partial charge is 0.191 e. The van der Waals surface area contributed by atoms with Gasteiger partial charge in [0.05, 0.1) is 33.5 Å². The SMILES string of the molecule is CN=C(NCCc1ccc(F)cc1)NCC(c1ccc(OC)c(OC)c1)N1CCOCC1. The summed E-state index contributed by atoms with van der Waals surface area (Å²) in [7, 11) is 5.05. The third-order valence-electron chi connectivity index (χ3n) is 5.58. The van der Waals surface area contributed by atoms with Crippen LogP contribution in [0.25, 0.3) is 0 Å². The standard InChI is InChI=1S/C24H33FN4O3/c1-26-24(27-11-10-18-4-7-20(25)8-5-18)28-17-21(29-12-14-32-15-13-29)19-6-9-22(30-2)23(16-19)31-3/h4-9,16,21H,10-15,17H2,1-3H3,(H2,26,27,28). The molecule has 0 aliphatic carbocycles. The summed E-state index contributed by atoms with van der Waals surface area (Å²) in [5, 5.41) is 6.79. The molecule has 7 nitrogen and oxygen atoms in total. The van der Waals surface area contributed by atoms with Crippen LogP contribution in [-0.2, 0) is 11.2 Å². The van der Waals surface area contributed by atoms with E-state index in [9.17, 15) is 4.39 Å². The summed E-state index contributed by atoms with van der Waals surface area (Å²) in [5.41, 5.74) is 2.21. The van der Waals surface area contributed by atoms with Crippen LogP contribution in [-0.4, -0.2) is 71.5 Å². The number of halogens is 1. The number of morpholine rings is 1. The van der Waals surface area contributed by atoms with Crippen molar-refractivity contribution in [2.75, 3.05) is 60.7 Å². The highest BCUT2D eigenvalue weighted by atomic mass is 19.1. The van der Waals surface area contributed by atoms with Crippen molar-refractivity contribution in [3.63, 3.8) is 0 Å². The Kier molecular flexibility index (Phi) is 9.13. The van der Waals surface area contributed by atoms with Crippen molar-refractivity contribution in [2.24, 2.45) is 4.99 Å². The van der Waals surface area contributed by atoms with Crippen LogP contribution in [0.1, 0.15) is 17.2 Å². The van der Waals surface area contributed by atoms with Gasteiger partial charge in [0.15, 0.2) is 17.5 Å². The normalized spacial score (nSPS) is 15.8. The first-order chi connectivity index (χ1) is 15.6. The average Bonchev–Trinajstić information content (AvgIpc) is 2.84. The Morgan fingerprint density at radius 2 is 1.78 bits per heavy atom. The molecule has 0 radical (unpaired) electrons. The molecule has 2 aromatic carbocycles. The first kappa shape index (κ1) is 23.8. The number of benzene rings is 2. The molecule has 0 saturated carbocycles. The summed E-state index contributed by atoms with van der Waals surface area (Å²) in [6, 6.07) is 12.7. The maximum Gasteiger partial charge on any atom is 0.191 e. The fourth-order valence-electron chi connectivity index (χ4n) is 3.80. The molecule has 2 aromatic rings. The molecule has 1 aliphatic heterocycles. The second kappa shape index (κ2) is 12.3. The fraction of sp³-hybridized carbons (Fsp3) is 0.458. The van der Waals surface area contributed by atoms with E-state index in [4.69, 9.17) is 14.2 Å². The molecule has 3 rings (SSSR count). The largest absolute Gasteiger partial charge is 0.493 e. The van der Waals surface area contributed by atoms with E-state index in [-0.39, 0.29) is 11.9 Å². The van der Waals surface area contributed by atoms with Gasteiger partial charge in [-0.3, -0.25) is 9.89 Å². The minimum absolute atomic E-state index is 0.120. The highest BCUT2D eigenvalue weighted by molar-refractivity contribution is 5.79. The van der Waals surface area contributed by atoms with Gasteiger partial charge >= 0.3 is 0 Å². The molecule has 8 heteroatoms. The molecule has 0 bridgehead atoms. The van der Waals surface area contributed by atoms with E-state index in [0.717, 1.165) is 36.6 Å². The number of hydrogen-bond donors (Lipinski definition) is 2. The van der Waals surface area contributed by atoms with E-state index in [1.54, 1.807) is 33.4 Å². The summed E-state index contributed by atoms with van der Waals surface area (Å²) in [4.78, 5) is 6.76. The third-order valence-corrected chi connectivity index (χ3v) is 5.58. The van der Waals surface area contributed by atoms with Crippen molar-refractivity contribution < 1.29 is 18.6 Å². The van der Waals surface area contributed by atoms with Gasteiger partial charge in [-0.1, -0.05) is 18.2 Å². The minimum Gasteiger partial charge on any atom is -0.493 e. The zero-order chi connectivity index (χ0) is 22.8. The maximum absolute atomic E-state index is 13.1. The summed E-state index contributed by atoms with van der Waals surface area (Å²) in [6.07, 6.45) is 0.781. The van der Waals surface area contributed by atoms with E-state index in [2.05, 4.69) is 26.6 Å². The molecule has 0 aromatic heterocycles. The van der Waals surface area contributed by atoms with Crippen LogP contribution < -0.4 is 20.1 Å². The van der Waals surface area contributed by atoms with Gasteiger partial charge in [-0.25, -0.2) is 4.39 Å². The van der Waals surface area contributed by atoms with Crippen molar-refractivity contribution in [3.05, 3.63) is 59.4 Å². The van der Waals surface area contributed by atoms with Crippen molar-refractivity contribution in [1.82, 2.24) is 15.5 Å². The second-order valence-corrected chi connectivity index (χ2v) is 7.53. The van der Waals surface area contributed by atoms with Gasteiger partial charge in [0, 0.05) is 33.2 Å². The molecule has 0 spiro atoms. The van der Waals surface area contributed by atoms with Crippen molar-refractivity contribution in [3.8, 4) is 11.5 Å². The van der Waals surface area contributed by atoms with Gasteiger partial charge in [-0.05, 0) is 41.8 Å². The number of guanidine groups is 1. The molecule has 2 N–H and O–H groups in total. The quantitative estimate of drug-likeness (QED) is 0.458. The Morgan fingerprint density at radius 3 is 2.44 bits per heavy atom. The topological polar surface area (TPSA) is 67.4 Å². The second-order valence-electron chi connectivity index (χ2n) is 7.53. The lowest BCUT2D eigenvalue weighted by Gasteiger charge is -2.35. The molecule has 1 aliphatic rings. The predicted octanol–water partition coefficient (Wildman–Crippen LogP) is 2.62. The Bertz CT molecular complexity index is 870. The summed E-state index contributed by atoms with van der Waals surface area (Å²) in [6.45, 7) is 4.52. The zero-order valence-corrected chi connectivity index (χ0v) is 19.1. The van der Waals surface area contributed by atoms with Crippen molar-refractivity contribution in [2.45, 2.75) is 12.5 Å². The lowest BCUT2D eigenvalue weighted by Crippen LogP contribution is -2.46. The molecular weight excluding hydrogens is 411 g/mol. The minimum atomic E-state index is -0.219. The molecule has 1 saturated heterocycles. The summed E-state index contributed by atoms with van der Waals surface area (Å²) in [5.74, 6) is 1.93. The first-order valence-corrected chi connectivity index (χ1v) is 10.9. The van der Waals surface area contributed by atoms with Crippen molar-refractivity contribution in [1.29, 1.82) is 0 Å². The average molecular weight is 445 g/mol. The fourth-order valence-corrected chi connectivity index (χ4v) is 3.80. The molecule has 1 unspecified atom stereocenters. The lowest BCUT2D eigenvalue weighted by atomic mass is 10.0. The van der Waals surface area contributed by atoms with Crippen LogP contribution in [0.4, 0.5) is 4.39 Å². The number of nitrogens with one attached hydrogen (secondary N) is 2. The summed E-state index contributed by atoms with van der Waals surface area (Å²) >= 11 is 0. The zero-order valence-electron chi connectivity index (χ0n) is 19.1. The molecular formula is C24H33FN4O3. The van der Waals surface area contributed by atoms with Gasteiger partial charge in [0.25, 0.3) is 0 Å². The number of methoxy groups -OCH3 is 2. The Morgan fingerprint density at radius 1 is 1.06 bits per heavy atom. The Balaban J connectivity index is 1.64. The van der Waals surface area contributed by atoms with E-state index in [1.165, 1.54) is 12.1 Å². The van der Waals surface area contributed by atoms with Gasteiger partial charge in [-0.15, -0.1) is 0 Å². The molecule has 32 heavy (non-hydrogen) atoms. The van der Waals surface area contributed by atoms with Gasteiger partial charge < -0.3 is 24.8 Å². The van der Waals surface area contributed by atoms with Gasteiger partial charge in [0.2, 0.25) is 0 Å². The monoisotopic (exact) mass is 444 g/mol. The number of aliphatic imine (C=N–C) groups is 1. The predicted molar refractivity (Wildman–Crippen MR) is 124 cm³/mol. The number of hydrogen-bond acceptors (Lipinski definition) is 5. The Labute approximate surface area is 189 Å². The van der Waals surface area contributed by atoms with Crippen LogP contribution in [0.5, 0.6) is 11.5 Å². The van der Waals surface area contributed by atoms with Gasteiger partial charge in [0.1, 0.15) is 5.82 Å². The number of nitrogens with zero attached hydrogens (tertiary/aromatic N) is 2. The van der Waals surface area contributed by atoms with E-state index >= 15 is 0 Å². The highest BCUT2D eigenvalue weighted by Crippen LogP contribution is 2.32. The molecule has 1 atom stereocenters. The first-order valence-electron chi connectivity index (χ1n) is 10.9. The van der Waals surface area contributed by atoms with E-state index < -0.39 is 0 Å². The maximum atomic E-state index is 13.1. The third kappa shape index (κ3) is 6.58.